The molecule has 2 aliphatic heterocycles. The Hall–Kier alpha value is -6.78. The van der Waals surface area contributed by atoms with Crippen LogP contribution in [0, 0.1) is 0 Å². The molecule has 0 N–H and O–H groups in total. The van der Waals surface area contributed by atoms with E-state index in [0.29, 0.717) is 0 Å². The Bertz CT molecular complexity index is 2800. The molecule has 0 saturated carbocycles. The molecule has 0 fully saturated rings. The molecule has 0 bridgehead atoms. The van der Waals surface area contributed by atoms with Gasteiger partial charge < -0.3 is 14.0 Å². The lowest BCUT2D eigenvalue weighted by molar-refractivity contribution is 0.479. The van der Waals surface area contributed by atoms with Gasteiger partial charge in [-0.25, -0.2) is 0 Å². The second-order valence-electron chi connectivity index (χ2n) is 13.6. The summed E-state index contributed by atoms with van der Waals surface area (Å²) in [5, 5.41) is 2.52. The van der Waals surface area contributed by atoms with Gasteiger partial charge >= 0.3 is 6.92 Å². The molecule has 1 aromatic heterocycles. The van der Waals surface area contributed by atoms with Crippen LogP contribution >= 0.6 is 0 Å². The maximum atomic E-state index is 6.86. The maximum absolute atomic E-state index is 6.86. The van der Waals surface area contributed by atoms with Crippen LogP contribution in [0.15, 0.2) is 182 Å². The summed E-state index contributed by atoms with van der Waals surface area (Å²) in [7, 11) is 0. The predicted octanol–water partition coefficient (Wildman–Crippen LogP) is 11.1. The quantitative estimate of drug-likeness (QED) is 0.175. The third-order valence-corrected chi connectivity index (χ3v) is 10.7. The van der Waals surface area contributed by atoms with E-state index in [1.807, 2.05) is 0 Å². The van der Waals surface area contributed by atoms with E-state index in [9.17, 15) is 0 Å². The average Bonchev–Trinajstić information content (AvgIpc) is 3.55. The standard InChI is InChI=1S/C48H30BNO2/c1-2-12-32(13-3-1)36-14-4-5-15-37(36)34-28-41-40-18-8-11-21-45(40)52-49-42-29-33(24-27-46(42)51-47(30-34)48(41)49)31-22-25-35(26-23-31)50-43-19-9-6-16-38(43)39-17-7-10-20-44(39)50/h1-30H. The van der Waals surface area contributed by atoms with Crippen molar-refractivity contribution in [1.82, 2.24) is 4.57 Å². The minimum atomic E-state index is -0.293. The van der Waals surface area contributed by atoms with Crippen LogP contribution < -0.4 is 20.3 Å². The summed E-state index contributed by atoms with van der Waals surface area (Å²) in [6.07, 6.45) is 0. The van der Waals surface area contributed by atoms with Crippen molar-refractivity contribution in [2.24, 2.45) is 0 Å². The van der Waals surface area contributed by atoms with E-state index in [0.717, 1.165) is 61.7 Å². The molecular formula is C48H30BNO2. The summed E-state index contributed by atoms with van der Waals surface area (Å²) >= 11 is 0. The smallest absolute Gasteiger partial charge is 0.434 e. The lowest BCUT2D eigenvalue weighted by Gasteiger charge is -2.33. The molecular weight excluding hydrogens is 633 g/mol. The van der Waals surface area contributed by atoms with Crippen LogP contribution in [0.5, 0.6) is 17.2 Å². The van der Waals surface area contributed by atoms with Crippen LogP contribution in [0.1, 0.15) is 0 Å². The topological polar surface area (TPSA) is 23.4 Å². The minimum absolute atomic E-state index is 0.293. The molecule has 11 rings (SSSR count). The zero-order valence-corrected chi connectivity index (χ0v) is 28.2. The van der Waals surface area contributed by atoms with Crippen molar-refractivity contribution < 1.29 is 9.39 Å². The number of fused-ring (bicyclic) bond motifs is 7. The molecule has 0 unspecified atom stereocenters. The van der Waals surface area contributed by atoms with Crippen LogP contribution in [-0.4, -0.2) is 11.5 Å². The Morgan fingerprint density at radius 2 is 1.00 bits per heavy atom. The Morgan fingerprint density at radius 3 is 1.75 bits per heavy atom. The molecule has 0 atom stereocenters. The van der Waals surface area contributed by atoms with E-state index in [1.54, 1.807) is 0 Å². The number of para-hydroxylation sites is 3. The molecule has 2 aliphatic rings. The van der Waals surface area contributed by atoms with Crippen molar-refractivity contribution in [2.45, 2.75) is 0 Å². The van der Waals surface area contributed by atoms with Gasteiger partial charge in [0, 0.05) is 32.9 Å². The second kappa shape index (κ2) is 11.4. The van der Waals surface area contributed by atoms with Gasteiger partial charge in [0.25, 0.3) is 0 Å². The van der Waals surface area contributed by atoms with E-state index < -0.39 is 0 Å². The van der Waals surface area contributed by atoms with Gasteiger partial charge in [-0.05, 0) is 87.5 Å². The van der Waals surface area contributed by atoms with Gasteiger partial charge in [0.05, 0.1) is 11.0 Å². The summed E-state index contributed by atoms with van der Waals surface area (Å²) in [6, 6.07) is 64.7. The number of aromatic nitrogens is 1. The van der Waals surface area contributed by atoms with Crippen LogP contribution in [0.4, 0.5) is 0 Å². The lowest BCUT2D eigenvalue weighted by Crippen LogP contribution is -2.53. The van der Waals surface area contributed by atoms with Gasteiger partial charge in [0.1, 0.15) is 17.2 Å². The molecule has 3 nitrogen and oxygen atoms in total. The van der Waals surface area contributed by atoms with E-state index in [1.165, 1.54) is 38.5 Å². The lowest BCUT2D eigenvalue weighted by atomic mass is 9.50. The summed E-state index contributed by atoms with van der Waals surface area (Å²) in [5.41, 5.74) is 14.8. The minimum Gasteiger partial charge on any atom is -0.551 e. The van der Waals surface area contributed by atoms with Crippen molar-refractivity contribution in [1.29, 1.82) is 0 Å². The molecule has 4 heteroatoms. The highest BCUT2D eigenvalue weighted by Crippen LogP contribution is 2.43. The third-order valence-electron chi connectivity index (χ3n) is 10.7. The van der Waals surface area contributed by atoms with Gasteiger partial charge in [0.15, 0.2) is 0 Å². The molecule has 0 amide bonds. The molecule has 0 aliphatic carbocycles. The first-order valence-electron chi connectivity index (χ1n) is 17.8. The summed E-state index contributed by atoms with van der Waals surface area (Å²) in [5.74, 6) is 2.54. The Labute approximate surface area is 302 Å². The fourth-order valence-corrected chi connectivity index (χ4v) is 8.31. The fourth-order valence-electron chi connectivity index (χ4n) is 8.31. The number of rotatable bonds is 4. The summed E-state index contributed by atoms with van der Waals surface area (Å²) in [4.78, 5) is 0. The van der Waals surface area contributed by atoms with Crippen molar-refractivity contribution in [3.05, 3.63) is 182 Å². The summed E-state index contributed by atoms with van der Waals surface area (Å²) < 4.78 is 16.0. The van der Waals surface area contributed by atoms with Crippen molar-refractivity contribution in [3.63, 3.8) is 0 Å². The first kappa shape index (κ1) is 29.0. The molecule has 52 heavy (non-hydrogen) atoms. The molecule has 242 valence electrons. The first-order chi connectivity index (χ1) is 25.8. The number of hydrogen-bond donors (Lipinski definition) is 0. The van der Waals surface area contributed by atoms with Gasteiger partial charge in [-0.2, -0.15) is 0 Å². The van der Waals surface area contributed by atoms with Crippen LogP contribution in [0.25, 0.3) is 72.0 Å². The molecule has 0 saturated heterocycles. The zero-order chi connectivity index (χ0) is 34.2. The Morgan fingerprint density at radius 1 is 0.385 bits per heavy atom. The average molecular weight is 664 g/mol. The molecule has 8 aromatic carbocycles. The Balaban J connectivity index is 1.01. The molecule has 0 spiro atoms. The zero-order valence-electron chi connectivity index (χ0n) is 28.2. The van der Waals surface area contributed by atoms with E-state index in [4.69, 9.17) is 9.39 Å². The van der Waals surface area contributed by atoms with Gasteiger partial charge in [-0.1, -0.05) is 133 Å². The van der Waals surface area contributed by atoms with Crippen molar-refractivity contribution >= 4 is 39.6 Å². The Kier molecular flexibility index (Phi) is 6.35. The van der Waals surface area contributed by atoms with Gasteiger partial charge in [0.2, 0.25) is 0 Å². The maximum Gasteiger partial charge on any atom is 0.434 e. The highest BCUT2D eigenvalue weighted by molar-refractivity contribution is 6.84. The number of ether oxygens (including phenoxy) is 1. The van der Waals surface area contributed by atoms with Crippen LogP contribution in [0.2, 0.25) is 0 Å². The van der Waals surface area contributed by atoms with Gasteiger partial charge in [-0.3, -0.25) is 0 Å². The SMILES string of the molecule is c1ccc(-c2ccccc2-c2cc3c4c(c2)-c2ccccc2OB4c2cc(-c4ccc(-n5c6ccccc6c6ccccc65)cc4)ccc2O3)cc1. The normalized spacial score (nSPS) is 12.5. The largest absolute Gasteiger partial charge is 0.551 e. The number of benzene rings is 8. The summed E-state index contributed by atoms with van der Waals surface area (Å²) in [6.45, 7) is -0.293. The van der Waals surface area contributed by atoms with Crippen LogP contribution in [0.3, 0.4) is 0 Å². The third kappa shape index (κ3) is 4.41. The monoisotopic (exact) mass is 663 g/mol. The molecule has 0 radical (unpaired) electrons. The fraction of sp³-hybridized carbons (Fsp3) is 0. The van der Waals surface area contributed by atoms with Gasteiger partial charge in [-0.15, -0.1) is 0 Å². The number of hydrogen-bond acceptors (Lipinski definition) is 2. The highest BCUT2D eigenvalue weighted by Gasteiger charge is 2.41. The van der Waals surface area contributed by atoms with E-state index in [-0.39, 0.29) is 6.92 Å². The van der Waals surface area contributed by atoms with Crippen LogP contribution in [-0.2, 0) is 0 Å². The first-order valence-corrected chi connectivity index (χ1v) is 17.8. The van der Waals surface area contributed by atoms with E-state index in [2.05, 4.69) is 187 Å². The predicted molar refractivity (Wildman–Crippen MR) is 215 cm³/mol. The van der Waals surface area contributed by atoms with E-state index >= 15 is 0 Å². The number of nitrogens with zero attached hydrogens (tertiary/aromatic N) is 1. The highest BCUT2D eigenvalue weighted by atomic mass is 16.5. The molecule has 9 aromatic rings. The second-order valence-corrected chi connectivity index (χ2v) is 13.6. The molecule has 3 heterocycles. The van der Waals surface area contributed by atoms with Crippen molar-refractivity contribution in [2.75, 3.05) is 0 Å². The van der Waals surface area contributed by atoms with Crippen molar-refractivity contribution in [3.8, 4) is 67.4 Å².